The molecule has 8 heteroatoms. The molecule has 3 fully saturated rings. The number of esters is 1. The van der Waals surface area contributed by atoms with Gasteiger partial charge < -0.3 is 19.6 Å². The van der Waals surface area contributed by atoms with Gasteiger partial charge in [0.25, 0.3) is 0 Å². The van der Waals surface area contributed by atoms with Crippen molar-refractivity contribution in [2.75, 3.05) is 32.8 Å². The highest BCUT2D eigenvalue weighted by Gasteiger charge is 2.76. The van der Waals surface area contributed by atoms with Gasteiger partial charge in [-0.1, -0.05) is 39.2 Å². The number of aliphatic hydroxyl groups excluding tert-OH is 1. The van der Waals surface area contributed by atoms with Crippen molar-refractivity contribution in [3.8, 4) is 0 Å². The van der Waals surface area contributed by atoms with E-state index in [-0.39, 0.29) is 42.2 Å². The summed E-state index contributed by atoms with van der Waals surface area (Å²) in [6.45, 7) is 11.9. The number of amides is 2. The molecular formula is C26H42N2O5S. The van der Waals surface area contributed by atoms with Crippen molar-refractivity contribution in [3.05, 3.63) is 12.7 Å². The number of carbonyl (C=O) groups excluding carboxylic acids is 3. The number of fused-ring (bicyclic) bond motifs is 1. The number of ether oxygens (including phenoxy) is 1. The second kappa shape index (κ2) is 11.9. The molecule has 1 spiro atoms. The van der Waals surface area contributed by atoms with Crippen molar-refractivity contribution in [2.45, 2.75) is 81.8 Å². The molecule has 2 bridgehead atoms. The fraction of sp³-hybridized carbons (Fsp3) is 0.808. The summed E-state index contributed by atoms with van der Waals surface area (Å²) in [6, 6.07) is -0.566. The van der Waals surface area contributed by atoms with E-state index in [0.717, 1.165) is 44.9 Å². The summed E-state index contributed by atoms with van der Waals surface area (Å²) in [7, 11) is 0. The summed E-state index contributed by atoms with van der Waals surface area (Å²) in [6.07, 6.45) is 7.75. The molecule has 0 aliphatic carbocycles. The van der Waals surface area contributed by atoms with Crippen molar-refractivity contribution < 1.29 is 24.2 Å². The van der Waals surface area contributed by atoms with Gasteiger partial charge in [0.2, 0.25) is 11.8 Å². The molecule has 3 heterocycles. The first kappa shape index (κ1) is 27.1. The van der Waals surface area contributed by atoms with Crippen LogP contribution in [0.5, 0.6) is 0 Å². The molecule has 6 atom stereocenters. The molecule has 0 aromatic rings. The zero-order chi connectivity index (χ0) is 24.9. The van der Waals surface area contributed by atoms with Crippen molar-refractivity contribution in [3.63, 3.8) is 0 Å². The molecule has 2 amide bonds. The van der Waals surface area contributed by atoms with Gasteiger partial charge in [0.05, 0.1) is 23.2 Å². The normalized spacial score (nSPS) is 31.6. The third kappa shape index (κ3) is 4.77. The van der Waals surface area contributed by atoms with Crippen molar-refractivity contribution in [1.29, 1.82) is 0 Å². The zero-order valence-electron chi connectivity index (χ0n) is 21.0. The van der Waals surface area contributed by atoms with Gasteiger partial charge in [0, 0.05) is 31.5 Å². The number of aliphatic hydroxyl groups is 1. The molecule has 0 aromatic carbocycles. The Kier molecular flexibility index (Phi) is 9.49. The Bertz CT molecular complexity index is 761. The van der Waals surface area contributed by atoms with Gasteiger partial charge in [0.1, 0.15) is 6.04 Å². The first-order valence-corrected chi connectivity index (χ1v) is 13.9. The van der Waals surface area contributed by atoms with E-state index in [2.05, 4.69) is 20.4 Å². The van der Waals surface area contributed by atoms with Crippen LogP contribution in [0.15, 0.2) is 12.7 Å². The SMILES string of the molecule is C=CCN(CCCC)C(=O)C1N(CCCCCCO)C(=O)[C@@H]2[C@H](C(=O)OCC)[C@@H]3CC(C)C12S3. The van der Waals surface area contributed by atoms with Gasteiger partial charge in [-0.25, -0.2) is 0 Å². The van der Waals surface area contributed by atoms with Gasteiger partial charge in [-0.2, -0.15) is 0 Å². The number of carbonyl (C=O) groups is 3. The molecule has 1 N–H and O–H groups in total. The fourth-order valence-corrected chi connectivity index (χ4v) is 8.67. The number of nitrogens with zero attached hydrogens (tertiary/aromatic N) is 2. The summed E-state index contributed by atoms with van der Waals surface area (Å²) >= 11 is 1.70. The topological polar surface area (TPSA) is 87.2 Å². The predicted molar refractivity (Wildman–Crippen MR) is 134 cm³/mol. The van der Waals surface area contributed by atoms with Crippen LogP contribution < -0.4 is 0 Å². The van der Waals surface area contributed by atoms with Crippen molar-refractivity contribution in [2.24, 2.45) is 17.8 Å². The lowest BCUT2D eigenvalue weighted by Gasteiger charge is -2.40. The molecule has 34 heavy (non-hydrogen) atoms. The van der Waals surface area contributed by atoms with E-state index in [4.69, 9.17) is 9.84 Å². The maximum atomic E-state index is 14.1. The van der Waals surface area contributed by atoms with Crippen molar-refractivity contribution in [1.82, 2.24) is 9.80 Å². The fourth-order valence-electron chi connectivity index (χ4n) is 6.26. The summed E-state index contributed by atoms with van der Waals surface area (Å²) in [5.41, 5.74) is 0. The Morgan fingerprint density at radius 3 is 2.65 bits per heavy atom. The van der Waals surface area contributed by atoms with Gasteiger partial charge in [-0.05, 0) is 38.5 Å². The van der Waals surface area contributed by atoms with E-state index in [9.17, 15) is 14.4 Å². The first-order valence-electron chi connectivity index (χ1n) is 13.0. The lowest BCUT2D eigenvalue weighted by molar-refractivity contribution is -0.154. The predicted octanol–water partition coefficient (Wildman–Crippen LogP) is 3.25. The molecule has 7 nitrogen and oxygen atoms in total. The minimum atomic E-state index is -0.590. The monoisotopic (exact) mass is 494 g/mol. The quantitative estimate of drug-likeness (QED) is 0.227. The maximum Gasteiger partial charge on any atom is 0.310 e. The molecule has 0 aromatic heterocycles. The molecule has 0 saturated carbocycles. The highest BCUT2D eigenvalue weighted by atomic mass is 32.2. The Labute approximate surface area is 208 Å². The van der Waals surface area contributed by atoms with E-state index in [1.165, 1.54) is 0 Å². The average Bonchev–Trinajstić information content (AvgIpc) is 3.40. The van der Waals surface area contributed by atoms with Crippen LogP contribution in [0.1, 0.15) is 65.7 Å². The largest absolute Gasteiger partial charge is 0.466 e. The molecule has 3 saturated heterocycles. The first-order chi connectivity index (χ1) is 16.4. The molecule has 3 rings (SSSR count). The van der Waals surface area contributed by atoms with E-state index < -0.39 is 22.6 Å². The van der Waals surface area contributed by atoms with E-state index in [0.29, 0.717) is 19.6 Å². The van der Waals surface area contributed by atoms with Crippen molar-refractivity contribution >= 4 is 29.5 Å². The summed E-state index contributed by atoms with van der Waals surface area (Å²) in [5.74, 6) is -1.19. The second-order valence-electron chi connectivity index (χ2n) is 9.90. The smallest absolute Gasteiger partial charge is 0.310 e. The molecular weight excluding hydrogens is 452 g/mol. The van der Waals surface area contributed by atoms with E-state index >= 15 is 0 Å². The maximum absolute atomic E-state index is 14.1. The van der Waals surface area contributed by atoms with Crippen LogP contribution in [-0.4, -0.2) is 81.6 Å². The highest BCUT2D eigenvalue weighted by Crippen LogP contribution is 2.68. The Morgan fingerprint density at radius 2 is 2.00 bits per heavy atom. The molecule has 3 aliphatic rings. The summed E-state index contributed by atoms with van der Waals surface area (Å²) in [5, 5.41) is 9.10. The standard InChI is InChI=1S/C26H42N2O5S/c1-5-8-14-27(13-6-2)24(31)22-26-18(4)17-19(34-26)20(25(32)33-7-3)21(26)23(30)28(22)15-11-9-10-12-16-29/h6,18-22,29H,2,5,7-17H2,1,3-4H3/t18?,19-,20+,21-,22?,26?/m0/s1. The summed E-state index contributed by atoms with van der Waals surface area (Å²) in [4.78, 5) is 44.7. The molecule has 0 radical (unpaired) electrons. The summed E-state index contributed by atoms with van der Waals surface area (Å²) < 4.78 is 4.82. The minimum absolute atomic E-state index is 0.0101. The zero-order valence-corrected chi connectivity index (χ0v) is 21.9. The number of unbranched alkanes of at least 4 members (excludes halogenated alkanes) is 4. The minimum Gasteiger partial charge on any atom is -0.466 e. The van der Waals surface area contributed by atoms with Crippen LogP contribution in [0.2, 0.25) is 0 Å². The Hall–Kier alpha value is -1.54. The van der Waals surface area contributed by atoms with Crippen LogP contribution in [0, 0.1) is 17.8 Å². The number of rotatable bonds is 14. The van der Waals surface area contributed by atoms with Crippen LogP contribution in [0.25, 0.3) is 0 Å². The number of likely N-dealkylation sites (tertiary alicyclic amines) is 1. The third-order valence-electron chi connectivity index (χ3n) is 7.79. The molecule has 3 aliphatic heterocycles. The van der Waals surface area contributed by atoms with E-state index in [1.54, 1.807) is 29.7 Å². The molecule has 192 valence electrons. The van der Waals surface area contributed by atoms with Crippen LogP contribution in [0.3, 0.4) is 0 Å². The Morgan fingerprint density at radius 1 is 1.26 bits per heavy atom. The lowest BCUT2D eigenvalue weighted by atomic mass is 9.66. The molecule has 3 unspecified atom stereocenters. The number of hydrogen-bond acceptors (Lipinski definition) is 6. The van der Waals surface area contributed by atoms with Crippen LogP contribution >= 0.6 is 11.8 Å². The van der Waals surface area contributed by atoms with Gasteiger partial charge >= 0.3 is 5.97 Å². The second-order valence-corrected chi connectivity index (χ2v) is 11.4. The van der Waals surface area contributed by atoms with Gasteiger partial charge in [-0.15, -0.1) is 18.3 Å². The van der Waals surface area contributed by atoms with Crippen LogP contribution in [-0.2, 0) is 19.1 Å². The Balaban J connectivity index is 1.96. The number of thioether (sulfide) groups is 1. The highest BCUT2D eigenvalue weighted by molar-refractivity contribution is 8.02. The van der Waals surface area contributed by atoms with Crippen LogP contribution in [0.4, 0.5) is 0 Å². The average molecular weight is 495 g/mol. The number of hydrogen-bond donors (Lipinski definition) is 1. The third-order valence-corrected chi connectivity index (χ3v) is 9.86. The van der Waals surface area contributed by atoms with Gasteiger partial charge in [-0.3, -0.25) is 14.4 Å². The lowest BCUT2D eigenvalue weighted by Crippen LogP contribution is -2.57. The van der Waals surface area contributed by atoms with Gasteiger partial charge in [0.15, 0.2) is 0 Å². The van der Waals surface area contributed by atoms with E-state index in [1.807, 2.05) is 4.90 Å².